The fraction of sp³-hybridized carbons (Fsp3) is 0.276. The summed E-state index contributed by atoms with van der Waals surface area (Å²) in [5.74, 6) is 1.34. The lowest BCUT2D eigenvalue weighted by molar-refractivity contribution is -0.118. The van der Waals surface area contributed by atoms with Gasteiger partial charge in [-0.3, -0.25) is 4.79 Å². The van der Waals surface area contributed by atoms with Crippen molar-refractivity contribution >= 4 is 29.3 Å². The molecule has 3 aromatic rings. The van der Waals surface area contributed by atoms with E-state index in [0.29, 0.717) is 29.7 Å². The van der Waals surface area contributed by atoms with Crippen LogP contribution in [0.4, 0.5) is 5.69 Å². The van der Waals surface area contributed by atoms with E-state index in [1.54, 1.807) is 7.11 Å². The van der Waals surface area contributed by atoms with Gasteiger partial charge in [-0.1, -0.05) is 67.4 Å². The number of ether oxygens (including phenoxy) is 2. The summed E-state index contributed by atoms with van der Waals surface area (Å²) < 4.78 is 11.6. The molecule has 0 saturated carbocycles. The number of methoxy groups -OCH3 is 1. The molecule has 3 aromatic carbocycles. The van der Waals surface area contributed by atoms with Crippen molar-refractivity contribution < 1.29 is 14.3 Å². The van der Waals surface area contributed by atoms with Gasteiger partial charge in [-0.15, -0.1) is 0 Å². The molecule has 180 valence electrons. The van der Waals surface area contributed by atoms with Gasteiger partial charge < -0.3 is 19.7 Å². The number of amides is 1. The van der Waals surface area contributed by atoms with Gasteiger partial charge in [-0.2, -0.15) is 0 Å². The van der Waals surface area contributed by atoms with Crippen LogP contribution in [0.3, 0.4) is 0 Å². The maximum atomic E-state index is 12.6. The van der Waals surface area contributed by atoms with E-state index in [-0.39, 0.29) is 11.3 Å². The van der Waals surface area contributed by atoms with E-state index in [0.717, 1.165) is 16.8 Å². The zero-order chi connectivity index (χ0) is 24.8. The van der Waals surface area contributed by atoms with Crippen LogP contribution >= 0.6 is 11.6 Å². The Morgan fingerprint density at radius 3 is 2.57 bits per heavy atom. The summed E-state index contributed by atoms with van der Waals surface area (Å²) in [6.45, 7) is 7.23. The minimum absolute atomic E-state index is 0.0254. The molecule has 35 heavy (non-hydrogen) atoms. The molecule has 2 aliphatic heterocycles. The van der Waals surface area contributed by atoms with Crippen LogP contribution in [0.5, 0.6) is 11.5 Å². The van der Waals surface area contributed by atoms with Gasteiger partial charge in [0.15, 0.2) is 11.5 Å². The van der Waals surface area contributed by atoms with Crippen LogP contribution in [-0.2, 0) is 16.8 Å². The maximum Gasteiger partial charge on any atom is 0.241 e. The fourth-order valence-corrected chi connectivity index (χ4v) is 5.28. The molecule has 0 aromatic heterocycles. The topological polar surface area (TPSA) is 50.8 Å². The smallest absolute Gasteiger partial charge is 0.241 e. The van der Waals surface area contributed by atoms with Crippen molar-refractivity contribution in [2.75, 3.05) is 18.6 Å². The lowest BCUT2D eigenvalue weighted by Gasteiger charge is -2.40. The molecule has 1 atom stereocenters. The van der Waals surface area contributed by atoms with Crippen molar-refractivity contribution in [3.05, 3.63) is 94.0 Å². The average Bonchev–Trinajstić information content (AvgIpc) is 3.27. The number of carbonyl (C=O) groups excluding carboxylic acids is 1. The minimum atomic E-state index is -0.642. The quantitative estimate of drug-likeness (QED) is 0.471. The summed E-state index contributed by atoms with van der Waals surface area (Å²) in [5.41, 5.74) is 4.58. The van der Waals surface area contributed by atoms with Crippen LogP contribution in [0.1, 0.15) is 36.1 Å². The van der Waals surface area contributed by atoms with Crippen molar-refractivity contribution in [2.24, 2.45) is 0 Å². The van der Waals surface area contributed by atoms with Gasteiger partial charge in [0, 0.05) is 16.1 Å². The third-order valence-electron chi connectivity index (χ3n) is 7.14. The molecule has 5 rings (SSSR count). The van der Waals surface area contributed by atoms with E-state index in [9.17, 15) is 4.79 Å². The Morgan fingerprint density at radius 1 is 1.06 bits per heavy atom. The largest absolute Gasteiger partial charge is 0.493 e. The molecule has 6 heteroatoms. The molecule has 0 bridgehead atoms. The molecular formula is C29H29ClN2O3. The van der Waals surface area contributed by atoms with Gasteiger partial charge in [-0.25, -0.2) is 0 Å². The van der Waals surface area contributed by atoms with Gasteiger partial charge >= 0.3 is 0 Å². The Bertz CT molecular complexity index is 1320. The van der Waals surface area contributed by atoms with Gasteiger partial charge in [0.25, 0.3) is 0 Å². The Kier molecular flexibility index (Phi) is 5.76. The van der Waals surface area contributed by atoms with Crippen LogP contribution in [0.25, 0.3) is 6.08 Å². The van der Waals surface area contributed by atoms with Crippen molar-refractivity contribution in [2.45, 2.75) is 38.5 Å². The Morgan fingerprint density at radius 2 is 1.83 bits per heavy atom. The molecule has 1 N–H and O–H groups in total. The second-order valence-corrected chi connectivity index (χ2v) is 10.1. The number of carbonyl (C=O) groups is 1. The Balaban J connectivity index is 1.42. The molecule has 2 heterocycles. The summed E-state index contributed by atoms with van der Waals surface area (Å²) in [5, 5.41) is 3.97. The summed E-state index contributed by atoms with van der Waals surface area (Å²) in [6.07, 6.45) is 4.15. The van der Waals surface area contributed by atoms with E-state index in [4.69, 9.17) is 21.1 Å². The summed E-state index contributed by atoms with van der Waals surface area (Å²) >= 11 is 5.97. The number of rotatable bonds is 6. The van der Waals surface area contributed by atoms with E-state index < -0.39 is 5.66 Å². The highest BCUT2D eigenvalue weighted by Crippen LogP contribution is 2.53. The van der Waals surface area contributed by atoms with Crippen molar-refractivity contribution in [1.82, 2.24) is 5.32 Å². The SMILES string of the molecule is COc1cc(/C=C/C23NC(=O)CN2c2ccc(C)cc2C3(C)C)ccc1OCc1ccc(Cl)cc1. The van der Waals surface area contributed by atoms with Gasteiger partial charge in [0.2, 0.25) is 5.91 Å². The van der Waals surface area contributed by atoms with Gasteiger partial charge in [0.1, 0.15) is 12.3 Å². The molecule has 0 aliphatic carbocycles. The van der Waals surface area contributed by atoms with Crippen LogP contribution in [0, 0.1) is 6.92 Å². The van der Waals surface area contributed by atoms with Gasteiger partial charge in [-0.05, 0) is 60.0 Å². The molecule has 5 nitrogen and oxygen atoms in total. The summed E-state index contributed by atoms with van der Waals surface area (Å²) in [6, 6.07) is 19.9. The second kappa shape index (κ2) is 8.65. The standard InChI is InChI=1S/C29H29ClN2O3/c1-19-5-11-24-23(15-19)28(2,3)29(31-27(33)17-32(24)29)14-13-20-8-12-25(26(16-20)34-4)35-18-21-6-9-22(30)10-7-21/h5-16H,17-18H2,1-4H3,(H,31,33)/b14-13+. The van der Waals surface area contributed by atoms with Crippen LogP contribution in [-0.4, -0.2) is 25.2 Å². The third kappa shape index (κ3) is 3.94. The number of hydrogen-bond donors (Lipinski definition) is 1. The zero-order valence-corrected chi connectivity index (χ0v) is 21.1. The predicted molar refractivity (Wildman–Crippen MR) is 140 cm³/mol. The molecule has 1 fully saturated rings. The lowest BCUT2D eigenvalue weighted by atomic mass is 9.75. The molecule has 1 amide bonds. The lowest BCUT2D eigenvalue weighted by Crippen LogP contribution is -2.58. The Labute approximate surface area is 211 Å². The van der Waals surface area contributed by atoms with E-state index >= 15 is 0 Å². The zero-order valence-electron chi connectivity index (χ0n) is 20.4. The van der Waals surface area contributed by atoms with Crippen molar-refractivity contribution in [3.63, 3.8) is 0 Å². The summed E-state index contributed by atoms with van der Waals surface area (Å²) in [4.78, 5) is 14.7. The maximum absolute atomic E-state index is 12.6. The first kappa shape index (κ1) is 23.3. The van der Waals surface area contributed by atoms with Crippen molar-refractivity contribution in [3.8, 4) is 11.5 Å². The van der Waals surface area contributed by atoms with Crippen molar-refractivity contribution in [1.29, 1.82) is 0 Å². The van der Waals surface area contributed by atoms with E-state index in [1.807, 2.05) is 48.5 Å². The predicted octanol–water partition coefficient (Wildman–Crippen LogP) is 5.87. The number of halogens is 1. The number of fused-ring (bicyclic) bond motifs is 3. The number of nitrogens with zero attached hydrogens (tertiary/aromatic N) is 1. The van der Waals surface area contributed by atoms with Crippen LogP contribution in [0.2, 0.25) is 5.02 Å². The fourth-order valence-electron chi connectivity index (χ4n) is 5.15. The highest BCUT2D eigenvalue weighted by atomic mass is 35.5. The second-order valence-electron chi connectivity index (χ2n) is 9.71. The highest BCUT2D eigenvalue weighted by molar-refractivity contribution is 6.30. The van der Waals surface area contributed by atoms with Crippen LogP contribution in [0.15, 0.2) is 66.7 Å². The van der Waals surface area contributed by atoms with E-state index in [1.165, 1.54) is 11.1 Å². The first-order valence-electron chi connectivity index (χ1n) is 11.7. The van der Waals surface area contributed by atoms with Gasteiger partial charge in [0.05, 0.1) is 13.7 Å². The molecule has 0 radical (unpaired) electrons. The molecule has 0 spiro atoms. The molecule has 1 unspecified atom stereocenters. The average molecular weight is 489 g/mol. The number of nitrogens with one attached hydrogen (secondary N) is 1. The normalized spacial score (nSPS) is 20.0. The number of benzene rings is 3. The first-order chi connectivity index (χ1) is 16.7. The third-order valence-corrected chi connectivity index (χ3v) is 7.39. The monoisotopic (exact) mass is 488 g/mol. The Hall–Kier alpha value is -3.44. The van der Waals surface area contributed by atoms with Crippen LogP contribution < -0.4 is 19.7 Å². The van der Waals surface area contributed by atoms with E-state index in [2.05, 4.69) is 55.3 Å². The molecular weight excluding hydrogens is 460 g/mol. The highest BCUT2D eigenvalue weighted by Gasteiger charge is 2.59. The number of hydrogen-bond acceptors (Lipinski definition) is 4. The summed E-state index contributed by atoms with van der Waals surface area (Å²) in [7, 11) is 1.63. The molecule has 1 saturated heterocycles. The number of aryl methyl sites for hydroxylation is 1. The minimum Gasteiger partial charge on any atom is -0.493 e. The first-order valence-corrected chi connectivity index (χ1v) is 12.1. The molecule has 2 aliphatic rings. The number of anilines is 1.